The summed E-state index contributed by atoms with van der Waals surface area (Å²) in [6.45, 7) is 0.867. The molecule has 2 aromatic rings. The number of hydrazone groups is 1. The second-order valence-corrected chi connectivity index (χ2v) is 5.54. The van der Waals surface area contributed by atoms with Crippen molar-refractivity contribution in [3.05, 3.63) is 57.6 Å². The third-order valence-corrected chi connectivity index (χ3v) is 3.71. The van der Waals surface area contributed by atoms with Gasteiger partial charge in [0.1, 0.15) is 13.2 Å². The molecule has 0 fully saturated rings. The fraction of sp³-hybridized carbons (Fsp3) is 0.125. The number of rotatable bonds is 3. The van der Waals surface area contributed by atoms with Crippen LogP contribution >= 0.6 is 23.2 Å². The van der Waals surface area contributed by atoms with Crippen molar-refractivity contribution in [3.63, 3.8) is 0 Å². The van der Waals surface area contributed by atoms with E-state index < -0.39 is 5.91 Å². The molecule has 2 aromatic carbocycles. The van der Waals surface area contributed by atoms with E-state index in [2.05, 4.69) is 10.5 Å². The van der Waals surface area contributed by atoms with Gasteiger partial charge in [-0.05, 0) is 24.3 Å². The molecule has 1 N–H and O–H groups in total. The van der Waals surface area contributed by atoms with Gasteiger partial charge in [-0.3, -0.25) is 4.79 Å². The van der Waals surface area contributed by atoms with E-state index in [1.807, 2.05) is 0 Å². The first-order chi connectivity index (χ1) is 11.1. The number of ether oxygens (including phenoxy) is 2. The van der Waals surface area contributed by atoms with E-state index in [1.165, 1.54) is 6.21 Å². The highest BCUT2D eigenvalue weighted by Gasteiger charge is 2.19. The summed E-state index contributed by atoms with van der Waals surface area (Å²) in [5.74, 6) is 0.582. The summed E-state index contributed by atoms with van der Waals surface area (Å²) in [4.78, 5) is 12.2. The van der Waals surface area contributed by atoms with Gasteiger partial charge in [0.2, 0.25) is 0 Å². The van der Waals surface area contributed by atoms with Crippen LogP contribution in [0.4, 0.5) is 0 Å². The van der Waals surface area contributed by atoms with E-state index in [4.69, 9.17) is 32.7 Å². The van der Waals surface area contributed by atoms with Gasteiger partial charge in [-0.1, -0.05) is 35.3 Å². The molecule has 0 spiro atoms. The van der Waals surface area contributed by atoms with E-state index in [1.54, 1.807) is 36.4 Å². The third-order valence-electron chi connectivity index (χ3n) is 3.14. The van der Waals surface area contributed by atoms with Crippen LogP contribution in [0.1, 0.15) is 15.9 Å². The van der Waals surface area contributed by atoms with Crippen molar-refractivity contribution < 1.29 is 14.3 Å². The normalized spacial score (nSPS) is 13.1. The second kappa shape index (κ2) is 6.89. The van der Waals surface area contributed by atoms with Crippen molar-refractivity contribution in [2.24, 2.45) is 5.10 Å². The molecule has 118 valence electrons. The van der Waals surface area contributed by atoms with Gasteiger partial charge in [0, 0.05) is 10.6 Å². The van der Waals surface area contributed by atoms with E-state index >= 15 is 0 Å². The number of benzene rings is 2. The lowest BCUT2D eigenvalue weighted by Crippen LogP contribution is -2.22. The van der Waals surface area contributed by atoms with Gasteiger partial charge >= 0.3 is 0 Å². The number of fused-ring (bicyclic) bond motifs is 1. The van der Waals surface area contributed by atoms with Gasteiger partial charge < -0.3 is 9.47 Å². The summed E-state index contributed by atoms with van der Waals surface area (Å²) in [7, 11) is 0. The SMILES string of the molecule is O=C(N/N=C/c1ccc(Cl)cc1Cl)c1cccc2c1OCCO2. The maximum atomic E-state index is 12.2. The standard InChI is InChI=1S/C16H12Cl2N2O3/c17-11-5-4-10(13(18)8-11)9-19-20-16(21)12-2-1-3-14-15(12)23-7-6-22-14/h1-5,8-9H,6-7H2,(H,20,21)/b19-9+. The van der Waals surface area contributed by atoms with Crippen molar-refractivity contribution in [2.75, 3.05) is 13.2 Å². The first kappa shape index (κ1) is 15.6. The van der Waals surface area contributed by atoms with Crippen LogP contribution in [0.5, 0.6) is 11.5 Å². The van der Waals surface area contributed by atoms with Crippen molar-refractivity contribution in [2.45, 2.75) is 0 Å². The largest absolute Gasteiger partial charge is 0.486 e. The molecule has 3 rings (SSSR count). The van der Waals surface area contributed by atoms with Crippen LogP contribution in [-0.4, -0.2) is 25.3 Å². The minimum Gasteiger partial charge on any atom is -0.486 e. The lowest BCUT2D eigenvalue weighted by atomic mass is 10.1. The Morgan fingerprint density at radius 3 is 2.83 bits per heavy atom. The van der Waals surface area contributed by atoms with Crippen LogP contribution in [0.2, 0.25) is 10.0 Å². The molecule has 0 bridgehead atoms. The molecule has 0 radical (unpaired) electrons. The quantitative estimate of drug-likeness (QED) is 0.680. The van der Waals surface area contributed by atoms with Crippen LogP contribution < -0.4 is 14.9 Å². The highest BCUT2D eigenvalue weighted by molar-refractivity contribution is 6.36. The summed E-state index contributed by atoms with van der Waals surface area (Å²) in [5.41, 5.74) is 3.45. The molecule has 1 aliphatic heterocycles. The number of carbonyl (C=O) groups excluding carboxylic acids is 1. The number of amides is 1. The number of halogens is 2. The average Bonchev–Trinajstić information content (AvgIpc) is 2.56. The molecule has 0 aliphatic carbocycles. The van der Waals surface area contributed by atoms with Gasteiger partial charge in [-0.15, -0.1) is 0 Å². The van der Waals surface area contributed by atoms with Gasteiger partial charge in [0.15, 0.2) is 11.5 Å². The van der Waals surface area contributed by atoms with Gasteiger partial charge in [0.05, 0.1) is 16.8 Å². The molecule has 1 aliphatic rings. The Bertz CT molecular complexity index is 778. The first-order valence-electron chi connectivity index (χ1n) is 6.82. The highest BCUT2D eigenvalue weighted by atomic mass is 35.5. The Morgan fingerprint density at radius 2 is 2.00 bits per heavy atom. The molecule has 7 heteroatoms. The van der Waals surface area contributed by atoms with Gasteiger partial charge in [-0.25, -0.2) is 5.43 Å². The van der Waals surface area contributed by atoms with Gasteiger partial charge in [0.25, 0.3) is 5.91 Å². The van der Waals surface area contributed by atoms with Crippen molar-refractivity contribution in [1.82, 2.24) is 5.43 Å². The third kappa shape index (κ3) is 3.57. The summed E-state index contributed by atoms with van der Waals surface area (Å²) in [5, 5.41) is 4.89. The van der Waals surface area contributed by atoms with Crippen LogP contribution in [0.3, 0.4) is 0 Å². The van der Waals surface area contributed by atoms with Crippen LogP contribution in [0, 0.1) is 0 Å². The minimum atomic E-state index is -0.395. The predicted octanol–water partition coefficient (Wildman–Crippen LogP) is 3.53. The van der Waals surface area contributed by atoms with E-state index in [0.29, 0.717) is 45.9 Å². The lowest BCUT2D eigenvalue weighted by molar-refractivity contribution is 0.0944. The maximum absolute atomic E-state index is 12.2. The zero-order valence-corrected chi connectivity index (χ0v) is 13.4. The molecule has 1 heterocycles. The molecule has 1 amide bonds. The zero-order chi connectivity index (χ0) is 16.2. The summed E-state index contributed by atoms with van der Waals surface area (Å²) >= 11 is 11.9. The Labute approximate surface area is 142 Å². The van der Waals surface area contributed by atoms with Crippen LogP contribution in [-0.2, 0) is 0 Å². The molecule has 0 unspecified atom stereocenters. The van der Waals surface area contributed by atoms with Crippen molar-refractivity contribution in [1.29, 1.82) is 0 Å². The molecule has 23 heavy (non-hydrogen) atoms. The summed E-state index contributed by atoms with van der Waals surface area (Å²) < 4.78 is 10.9. The van der Waals surface area contributed by atoms with E-state index in [0.717, 1.165) is 0 Å². The second-order valence-electron chi connectivity index (χ2n) is 4.69. The number of hydrogen-bond donors (Lipinski definition) is 1. The number of nitrogens with zero attached hydrogens (tertiary/aromatic N) is 1. The van der Waals surface area contributed by atoms with Crippen molar-refractivity contribution in [3.8, 4) is 11.5 Å². The fourth-order valence-electron chi connectivity index (χ4n) is 2.08. The molecule has 0 aromatic heterocycles. The van der Waals surface area contributed by atoms with E-state index in [9.17, 15) is 4.79 Å². The zero-order valence-electron chi connectivity index (χ0n) is 11.9. The number of nitrogens with one attached hydrogen (secondary N) is 1. The van der Waals surface area contributed by atoms with Crippen LogP contribution in [0.25, 0.3) is 0 Å². The molecular formula is C16H12Cl2N2O3. The van der Waals surface area contributed by atoms with E-state index in [-0.39, 0.29) is 0 Å². The Morgan fingerprint density at radius 1 is 1.17 bits per heavy atom. The summed E-state index contributed by atoms with van der Waals surface area (Å²) in [6.07, 6.45) is 1.45. The predicted molar refractivity (Wildman–Crippen MR) is 89.0 cm³/mol. The van der Waals surface area contributed by atoms with Crippen LogP contribution in [0.15, 0.2) is 41.5 Å². The fourth-order valence-corrected chi connectivity index (χ4v) is 2.54. The first-order valence-corrected chi connectivity index (χ1v) is 7.58. The number of para-hydroxylation sites is 1. The molecule has 0 saturated carbocycles. The molecular weight excluding hydrogens is 339 g/mol. The molecule has 0 saturated heterocycles. The lowest BCUT2D eigenvalue weighted by Gasteiger charge is -2.20. The summed E-state index contributed by atoms with van der Waals surface area (Å²) in [6, 6.07) is 10.1. The Balaban J connectivity index is 1.74. The van der Waals surface area contributed by atoms with Crippen molar-refractivity contribution >= 4 is 35.3 Å². The number of carbonyl (C=O) groups is 1. The van der Waals surface area contributed by atoms with Gasteiger partial charge in [-0.2, -0.15) is 5.10 Å². The maximum Gasteiger partial charge on any atom is 0.275 e. The molecule has 5 nitrogen and oxygen atoms in total. The average molecular weight is 351 g/mol. The Hall–Kier alpha value is -2.24. The topological polar surface area (TPSA) is 59.9 Å². The monoisotopic (exact) mass is 350 g/mol. The smallest absolute Gasteiger partial charge is 0.275 e. The number of hydrogen-bond acceptors (Lipinski definition) is 4. The Kier molecular flexibility index (Phi) is 4.69. The minimum absolute atomic E-state index is 0.363. The molecule has 0 atom stereocenters. The highest BCUT2D eigenvalue weighted by Crippen LogP contribution is 2.33.